The lowest BCUT2D eigenvalue weighted by atomic mass is 10.1. The minimum absolute atomic E-state index is 0. The number of nitrogens with one attached hydrogen (secondary N) is 1. The van der Waals surface area contributed by atoms with Gasteiger partial charge in [0.2, 0.25) is 5.89 Å². The van der Waals surface area contributed by atoms with Crippen LogP contribution in [0, 0.1) is 5.92 Å². The lowest BCUT2D eigenvalue weighted by molar-refractivity contribution is 0.281. The SMILES string of the molecule is CNCC1CCN(Cc2ncc(-c3ccccc3)o2)C1.Cl.Cl. The van der Waals surface area contributed by atoms with Crippen LogP contribution >= 0.6 is 24.8 Å². The number of likely N-dealkylation sites (tertiary alicyclic amines) is 1. The van der Waals surface area contributed by atoms with Crippen LogP contribution in [0.4, 0.5) is 0 Å². The number of hydrogen-bond acceptors (Lipinski definition) is 4. The molecule has 1 unspecified atom stereocenters. The largest absolute Gasteiger partial charge is 0.439 e. The average molecular weight is 344 g/mol. The average Bonchev–Trinajstić information content (AvgIpc) is 3.11. The van der Waals surface area contributed by atoms with Crippen LogP contribution in [0.5, 0.6) is 0 Å². The Morgan fingerprint density at radius 3 is 2.77 bits per heavy atom. The molecule has 1 saturated heterocycles. The molecule has 0 bridgehead atoms. The summed E-state index contributed by atoms with van der Waals surface area (Å²) in [7, 11) is 2.02. The van der Waals surface area contributed by atoms with Crippen LogP contribution in [-0.4, -0.2) is 36.6 Å². The van der Waals surface area contributed by atoms with E-state index >= 15 is 0 Å². The van der Waals surface area contributed by atoms with Gasteiger partial charge >= 0.3 is 0 Å². The van der Waals surface area contributed by atoms with Crippen molar-refractivity contribution in [2.45, 2.75) is 13.0 Å². The summed E-state index contributed by atoms with van der Waals surface area (Å²) >= 11 is 0. The van der Waals surface area contributed by atoms with Gasteiger partial charge in [-0.25, -0.2) is 4.98 Å². The molecule has 1 aromatic heterocycles. The van der Waals surface area contributed by atoms with Gasteiger partial charge in [0.05, 0.1) is 12.7 Å². The van der Waals surface area contributed by atoms with Crippen molar-refractivity contribution in [3.8, 4) is 11.3 Å². The zero-order valence-corrected chi connectivity index (χ0v) is 14.3. The standard InChI is InChI=1S/C16H21N3O.2ClH/c1-17-9-13-7-8-19(11-13)12-16-18-10-15(20-16)14-5-3-2-4-6-14;;/h2-6,10,13,17H,7-9,11-12H2,1H3;2*1H. The van der Waals surface area contributed by atoms with Gasteiger partial charge in [-0.05, 0) is 32.5 Å². The van der Waals surface area contributed by atoms with Crippen molar-refractivity contribution in [3.05, 3.63) is 42.4 Å². The van der Waals surface area contributed by atoms with Crippen molar-refractivity contribution in [2.24, 2.45) is 5.92 Å². The summed E-state index contributed by atoms with van der Waals surface area (Å²) in [6.45, 7) is 4.17. The first-order valence-corrected chi connectivity index (χ1v) is 7.22. The number of aromatic nitrogens is 1. The van der Waals surface area contributed by atoms with E-state index in [0.29, 0.717) is 0 Å². The van der Waals surface area contributed by atoms with E-state index in [0.717, 1.165) is 49.3 Å². The zero-order valence-electron chi connectivity index (χ0n) is 12.7. The van der Waals surface area contributed by atoms with Gasteiger partial charge in [0, 0.05) is 12.1 Å². The van der Waals surface area contributed by atoms with Crippen molar-refractivity contribution in [3.63, 3.8) is 0 Å². The Morgan fingerprint density at radius 2 is 2.05 bits per heavy atom. The highest BCUT2D eigenvalue weighted by Crippen LogP contribution is 2.22. The summed E-state index contributed by atoms with van der Waals surface area (Å²) in [5, 5.41) is 3.25. The molecule has 1 aliphatic rings. The molecule has 0 amide bonds. The van der Waals surface area contributed by atoms with Gasteiger partial charge in [0.25, 0.3) is 0 Å². The maximum Gasteiger partial charge on any atom is 0.209 e. The van der Waals surface area contributed by atoms with E-state index in [1.165, 1.54) is 6.42 Å². The van der Waals surface area contributed by atoms with E-state index in [2.05, 4.69) is 15.2 Å². The van der Waals surface area contributed by atoms with E-state index in [9.17, 15) is 0 Å². The second kappa shape index (κ2) is 9.16. The molecule has 122 valence electrons. The first-order valence-electron chi connectivity index (χ1n) is 7.22. The van der Waals surface area contributed by atoms with E-state index < -0.39 is 0 Å². The first-order chi connectivity index (χ1) is 9.85. The van der Waals surface area contributed by atoms with Crippen LogP contribution in [0.3, 0.4) is 0 Å². The molecular formula is C16H23Cl2N3O. The van der Waals surface area contributed by atoms with E-state index in [1.54, 1.807) is 0 Å². The van der Waals surface area contributed by atoms with Gasteiger partial charge in [0.15, 0.2) is 5.76 Å². The normalized spacial score (nSPS) is 17.8. The van der Waals surface area contributed by atoms with Gasteiger partial charge < -0.3 is 9.73 Å². The third-order valence-electron chi connectivity index (χ3n) is 3.83. The number of rotatable bonds is 5. The minimum atomic E-state index is 0. The Bertz CT molecular complexity index is 547. The highest BCUT2D eigenvalue weighted by molar-refractivity contribution is 5.85. The van der Waals surface area contributed by atoms with Crippen molar-refractivity contribution in [1.29, 1.82) is 0 Å². The molecule has 22 heavy (non-hydrogen) atoms. The Labute approximate surface area is 144 Å². The molecule has 0 spiro atoms. The van der Waals surface area contributed by atoms with Gasteiger partial charge in [-0.2, -0.15) is 0 Å². The fourth-order valence-corrected chi connectivity index (χ4v) is 2.82. The number of hydrogen-bond donors (Lipinski definition) is 1. The van der Waals surface area contributed by atoms with E-state index in [-0.39, 0.29) is 24.8 Å². The Balaban J connectivity index is 0.00000121. The molecule has 0 saturated carbocycles. The maximum atomic E-state index is 5.86. The smallest absolute Gasteiger partial charge is 0.209 e. The summed E-state index contributed by atoms with van der Waals surface area (Å²) in [6.07, 6.45) is 3.08. The maximum absolute atomic E-state index is 5.86. The van der Waals surface area contributed by atoms with Gasteiger partial charge in [-0.3, -0.25) is 4.90 Å². The van der Waals surface area contributed by atoms with E-state index in [1.807, 2.05) is 43.6 Å². The van der Waals surface area contributed by atoms with Crippen LogP contribution in [-0.2, 0) is 6.54 Å². The fraction of sp³-hybridized carbons (Fsp3) is 0.438. The minimum Gasteiger partial charge on any atom is -0.439 e. The summed E-state index contributed by atoms with van der Waals surface area (Å²) in [5.74, 6) is 2.42. The quantitative estimate of drug-likeness (QED) is 0.904. The molecule has 2 aromatic rings. The van der Waals surface area contributed by atoms with Gasteiger partial charge in [-0.15, -0.1) is 24.8 Å². The van der Waals surface area contributed by atoms with Crippen LogP contribution in [0.1, 0.15) is 12.3 Å². The van der Waals surface area contributed by atoms with Crippen molar-refractivity contribution in [1.82, 2.24) is 15.2 Å². The molecule has 1 atom stereocenters. The lowest BCUT2D eigenvalue weighted by Gasteiger charge is -2.13. The summed E-state index contributed by atoms with van der Waals surface area (Å²) < 4.78 is 5.86. The van der Waals surface area contributed by atoms with Crippen LogP contribution in [0.15, 0.2) is 40.9 Å². The third kappa shape index (κ3) is 4.71. The van der Waals surface area contributed by atoms with Crippen molar-refractivity contribution < 1.29 is 4.42 Å². The van der Waals surface area contributed by atoms with Crippen molar-refractivity contribution >= 4 is 24.8 Å². The molecule has 2 heterocycles. The molecular weight excluding hydrogens is 321 g/mol. The zero-order chi connectivity index (χ0) is 13.8. The molecule has 1 fully saturated rings. The highest BCUT2D eigenvalue weighted by Gasteiger charge is 2.23. The van der Waals surface area contributed by atoms with Gasteiger partial charge in [-0.1, -0.05) is 30.3 Å². The molecule has 1 N–H and O–H groups in total. The lowest BCUT2D eigenvalue weighted by Crippen LogP contribution is -2.24. The fourth-order valence-electron chi connectivity index (χ4n) is 2.82. The summed E-state index contributed by atoms with van der Waals surface area (Å²) in [5.41, 5.74) is 1.08. The second-order valence-corrected chi connectivity index (χ2v) is 5.43. The van der Waals surface area contributed by atoms with Crippen LogP contribution in [0.2, 0.25) is 0 Å². The monoisotopic (exact) mass is 343 g/mol. The molecule has 3 rings (SSSR count). The molecule has 0 radical (unpaired) electrons. The summed E-state index contributed by atoms with van der Waals surface area (Å²) in [4.78, 5) is 6.82. The van der Waals surface area contributed by atoms with Gasteiger partial charge in [0.1, 0.15) is 0 Å². The van der Waals surface area contributed by atoms with Crippen LogP contribution < -0.4 is 5.32 Å². The first kappa shape index (κ1) is 19.0. The Hall–Kier alpha value is -1.07. The van der Waals surface area contributed by atoms with Crippen LogP contribution in [0.25, 0.3) is 11.3 Å². The molecule has 1 aliphatic heterocycles. The topological polar surface area (TPSA) is 41.3 Å². The predicted molar refractivity (Wildman–Crippen MR) is 93.7 cm³/mol. The molecule has 6 heteroatoms. The number of nitrogens with zero attached hydrogens (tertiary/aromatic N) is 2. The molecule has 1 aromatic carbocycles. The summed E-state index contributed by atoms with van der Waals surface area (Å²) in [6, 6.07) is 10.1. The third-order valence-corrected chi connectivity index (χ3v) is 3.83. The highest BCUT2D eigenvalue weighted by atomic mass is 35.5. The predicted octanol–water partition coefficient (Wildman–Crippen LogP) is 3.23. The molecule has 0 aliphatic carbocycles. The Kier molecular flexibility index (Phi) is 7.90. The number of oxazole rings is 1. The second-order valence-electron chi connectivity index (χ2n) is 5.43. The Morgan fingerprint density at radius 1 is 1.27 bits per heavy atom. The van der Waals surface area contributed by atoms with Crippen molar-refractivity contribution in [2.75, 3.05) is 26.7 Å². The molecule has 4 nitrogen and oxygen atoms in total. The number of benzene rings is 1. The van der Waals surface area contributed by atoms with E-state index in [4.69, 9.17) is 4.42 Å². The number of halogens is 2.